The summed E-state index contributed by atoms with van der Waals surface area (Å²) in [6.07, 6.45) is 4.90. The van der Waals surface area contributed by atoms with E-state index in [2.05, 4.69) is 41.8 Å². The number of aryl methyl sites for hydroxylation is 1. The van der Waals surface area contributed by atoms with Gasteiger partial charge in [0.1, 0.15) is 4.83 Å². The molecule has 0 saturated carbocycles. The number of benzene rings is 1. The second kappa shape index (κ2) is 11.7. The number of fused-ring (bicyclic) bond motifs is 2. The number of amides is 1. The molecule has 2 atom stereocenters. The fourth-order valence-electron chi connectivity index (χ4n) is 4.90. The SMILES string of the molecule is CN(C)CC[C@@H](NC(=O)c1cc2cc3c(nc2s1)CC[C@H](C(C)(C)C)C3)c1cccc([N-]S(C)(=O)=O)c1.[NH4+]. The van der Waals surface area contributed by atoms with Crippen molar-refractivity contribution in [2.45, 2.75) is 52.5 Å². The van der Waals surface area contributed by atoms with Crippen LogP contribution in [0.3, 0.4) is 0 Å². The molecule has 1 amide bonds. The molecule has 0 unspecified atom stereocenters. The van der Waals surface area contributed by atoms with Crippen LogP contribution in [0.2, 0.25) is 0 Å². The molecule has 4 rings (SSSR count). The molecular weight excluding hydrogens is 518 g/mol. The molecule has 208 valence electrons. The van der Waals surface area contributed by atoms with Crippen LogP contribution in [0.15, 0.2) is 36.4 Å². The largest absolute Gasteiger partial charge is 0.577 e. The predicted molar refractivity (Wildman–Crippen MR) is 158 cm³/mol. The van der Waals surface area contributed by atoms with Crippen LogP contribution in [0.25, 0.3) is 14.9 Å². The second-order valence-corrected chi connectivity index (χ2v) is 14.1. The van der Waals surface area contributed by atoms with Gasteiger partial charge >= 0.3 is 0 Å². The number of carbonyl (C=O) groups excluding carboxylic acids is 1. The number of pyridine rings is 1. The third-order valence-electron chi connectivity index (χ3n) is 7.04. The first-order chi connectivity index (χ1) is 17.3. The second-order valence-electron chi connectivity index (χ2n) is 11.4. The molecule has 1 aromatic carbocycles. The average Bonchev–Trinajstić information content (AvgIpc) is 3.21. The van der Waals surface area contributed by atoms with Crippen LogP contribution in [0.4, 0.5) is 5.69 Å². The third-order valence-corrected chi connectivity index (χ3v) is 8.62. The quantitative estimate of drug-likeness (QED) is 0.339. The lowest BCUT2D eigenvalue weighted by Crippen LogP contribution is -2.30. The Hall–Kier alpha value is -2.53. The number of quaternary nitrogens is 1. The molecule has 0 spiro atoms. The van der Waals surface area contributed by atoms with Gasteiger partial charge in [0.2, 0.25) is 0 Å². The van der Waals surface area contributed by atoms with E-state index in [1.165, 1.54) is 16.9 Å². The number of rotatable bonds is 8. The minimum absolute atomic E-state index is 0. The van der Waals surface area contributed by atoms with E-state index in [4.69, 9.17) is 4.98 Å². The van der Waals surface area contributed by atoms with E-state index >= 15 is 0 Å². The van der Waals surface area contributed by atoms with E-state index < -0.39 is 10.0 Å². The Morgan fingerprint density at radius 3 is 2.63 bits per heavy atom. The maximum absolute atomic E-state index is 13.4. The first-order valence-corrected chi connectivity index (χ1v) is 15.4. The van der Waals surface area contributed by atoms with Crippen molar-refractivity contribution < 1.29 is 13.2 Å². The highest BCUT2D eigenvalue weighted by Gasteiger charge is 2.30. The number of sulfonamides is 1. The van der Waals surface area contributed by atoms with Crippen molar-refractivity contribution >= 4 is 43.2 Å². The van der Waals surface area contributed by atoms with E-state index in [1.54, 1.807) is 18.2 Å². The molecule has 0 radical (unpaired) electrons. The Morgan fingerprint density at radius 2 is 1.97 bits per heavy atom. The van der Waals surface area contributed by atoms with Crippen molar-refractivity contribution in [3.05, 3.63) is 62.8 Å². The van der Waals surface area contributed by atoms with Gasteiger partial charge in [0.05, 0.1) is 20.9 Å². The van der Waals surface area contributed by atoms with E-state index in [1.807, 2.05) is 26.2 Å². The van der Waals surface area contributed by atoms with Crippen LogP contribution in [0, 0.1) is 11.3 Å². The Labute approximate surface area is 230 Å². The van der Waals surface area contributed by atoms with Gasteiger partial charge in [-0.3, -0.25) is 4.79 Å². The van der Waals surface area contributed by atoms with Crippen LogP contribution in [-0.2, 0) is 22.9 Å². The summed E-state index contributed by atoms with van der Waals surface area (Å²) in [6.45, 7) is 7.67. The summed E-state index contributed by atoms with van der Waals surface area (Å²) < 4.78 is 27.1. The zero-order valence-electron chi connectivity index (χ0n) is 23.5. The van der Waals surface area contributed by atoms with Crippen molar-refractivity contribution in [2.75, 3.05) is 26.9 Å². The van der Waals surface area contributed by atoms with Crippen LogP contribution in [0.1, 0.15) is 66.1 Å². The number of hydrogen-bond donors (Lipinski definition) is 2. The fraction of sp³-hybridized carbons (Fsp3) is 0.500. The molecule has 0 aliphatic heterocycles. The van der Waals surface area contributed by atoms with Crippen molar-refractivity contribution in [2.24, 2.45) is 11.3 Å². The molecule has 2 aromatic heterocycles. The summed E-state index contributed by atoms with van der Waals surface area (Å²) in [7, 11) is 0.447. The standard InChI is InChI=1S/C28H37N4O3S2.H3N/c1-28(2,3)21-10-11-23-19(15-21)14-20-17-25(36-27(20)30-23)26(33)29-24(12-13-32(4)5)18-8-7-9-22(16-18)31-37(6,34)35;/h7-9,14,16-17,21,24H,10-13,15H2,1-6H3,(H,29,33);1H3/q-1;/p+1/t21-,24+;/m0./s1. The van der Waals surface area contributed by atoms with Gasteiger partial charge in [0.25, 0.3) is 5.91 Å². The van der Waals surface area contributed by atoms with E-state index in [0.717, 1.165) is 53.5 Å². The van der Waals surface area contributed by atoms with Crippen molar-refractivity contribution in [1.29, 1.82) is 0 Å². The number of aromatic nitrogens is 1. The Kier molecular flexibility index (Phi) is 9.24. The highest BCUT2D eigenvalue weighted by Crippen LogP contribution is 2.38. The number of carbonyl (C=O) groups is 1. The fourth-order valence-corrected chi connectivity index (χ4v) is 6.34. The molecular formula is C28H41N5O3S2. The minimum atomic E-state index is -3.52. The number of nitrogens with zero attached hydrogens (tertiary/aromatic N) is 3. The zero-order chi connectivity index (χ0) is 27.0. The first kappa shape index (κ1) is 30.0. The Bertz CT molecular complexity index is 1390. The maximum Gasteiger partial charge on any atom is 0.261 e. The monoisotopic (exact) mass is 559 g/mol. The molecule has 1 aliphatic carbocycles. The molecule has 3 aromatic rings. The number of thiophene rings is 1. The summed E-state index contributed by atoms with van der Waals surface area (Å²) in [5.74, 6) is 0.478. The minimum Gasteiger partial charge on any atom is -0.577 e. The lowest BCUT2D eigenvalue weighted by molar-refractivity contribution is 0.0937. The molecule has 0 fully saturated rings. The molecule has 0 bridgehead atoms. The average molecular weight is 560 g/mol. The smallest absolute Gasteiger partial charge is 0.261 e. The lowest BCUT2D eigenvalue weighted by Gasteiger charge is -2.34. The van der Waals surface area contributed by atoms with Crippen molar-refractivity contribution in [1.82, 2.24) is 21.4 Å². The maximum atomic E-state index is 13.4. The van der Waals surface area contributed by atoms with Crippen LogP contribution in [-0.4, -0.2) is 51.1 Å². The van der Waals surface area contributed by atoms with Crippen LogP contribution in [0.5, 0.6) is 0 Å². The van der Waals surface area contributed by atoms with E-state index in [-0.39, 0.29) is 23.5 Å². The Balaban J connectivity index is 0.00000400. The van der Waals surface area contributed by atoms with Gasteiger partial charge < -0.3 is 21.1 Å². The summed E-state index contributed by atoms with van der Waals surface area (Å²) in [6, 6.07) is 10.9. The van der Waals surface area contributed by atoms with Gasteiger partial charge in [-0.15, -0.1) is 17.0 Å². The van der Waals surface area contributed by atoms with E-state index in [0.29, 0.717) is 22.9 Å². The predicted octanol–water partition coefficient (Wildman–Crippen LogP) is 6.21. The van der Waals surface area contributed by atoms with Gasteiger partial charge in [0, 0.05) is 17.3 Å². The van der Waals surface area contributed by atoms with Crippen LogP contribution >= 0.6 is 11.3 Å². The third kappa shape index (κ3) is 7.53. The zero-order valence-corrected chi connectivity index (χ0v) is 25.2. The molecule has 38 heavy (non-hydrogen) atoms. The van der Waals surface area contributed by atoms with Gasteiger partial charge in [-0.1, -0.05) is 45.0 Å². The molecule has 10 heteroatoms. The highest BCUT2D eigenvalue weighted by molar-refractivity contribution is 7.93. The molecule has 5 N–H and O–H groups in total. The molecule has 2 heterocycles. The van der Waals surface area contributed by atoms with Gasteiger partial charge in [-0.2, -0.15) is 0 Å². The molecule has 0 saturated heterocycles. The van der Waals surface area contributed by atoms with Crippen molar-refractivity contribution in [3.63, 3.8) is 0 Å². The number of hydrogen-bond acceptors (Lipinski definition) is 6. The highest BCUT2D eigenvalue weighted by atomic mass is 32.2. The lowest BCUT2D eigenvalue weighted by atomic mass is 9.71. The topological polar surface area (TPSA) is 130 Å². The van der Waals surface area contributed by atoms with E-state index in [9.17, 15) is 13.2 Å². The van der Waals surface area contributed by atoms with Crippen molar-refractivity contribution in [3.8, 4) is 0 Å². The van der Waals surface area contributed by atoms with Gasteiger partial charge in [-0.25, -0.2) is 13.4 Å². The number of nitrogens with one attached hydrogen (secondary N) is 1. The summed E-state index contributed by atoms with van der Waals surface area (Å²) in [5, 5.41) is 4.19. The first-order valence-electron chi connectivity index (χ1n) is 12.7. The Morgan fingerprint density at radius 1 is 1.24 bits per heavy atom. The summed E-state index contributed by atoms with van der Waals surface area (Å²) in [5.41, 5.74) is 3.91. The normalized spacial score (nSPS) is 16.6. The summed E-state index contributed by atoms with van der Waals surface area (Å²) >= 11 is 1.43. The van der Waals surface area contributed by atoms with Gasteiger partial charge in [0.15, 0.2) is 0 Å². The molecule has 8 nitrogen and oxygen atoms in total. The molecule has 1 aliphatic rings. The van der Waals surface area contributed by atoms with Gasteiger partial charge in [-0.05, 0) is 80.9 Å². The van der Waals surface area contributed by atoms with Crippen LogP contribution < -0.4 is 11.5 Å². The summed E-state index contributed by atoms with van der Waals surface area (Å²) in [4.78, 5) is 21.9.